The highest BCUT2D eigenvalue weighted by atomic mass is 16.3. The summed E-state index contributed by atoms with van der Waals surface area (Å²) in [4.78, 5) is 1.84. The molecule has 82 valence electrons. The van der Waals surface area contributed by atoms with Crippen molar-refractivity contribution in [2.24, 2.45) is 5.41 Å². The molecule has 0 amide bonds. The molecule has 14 heavy (non-hydrogen) atoms. The van der Waals surface area contributed by atoms with E-state index in [1.54, 1.807) is 0 Å². The molecule has 0 radical (unpaired) electrons. The SMILES string of the molecule is CC(C)(C)C(=N)N1CCC(O)(CO)C1. The van der Waals surface area contributed by atoms with Gasteiger partial charge >= 0.3 is 0 Å². The zero-order valence-corrected chi connectivity index (χ0v) is 9.17. The van der Waals surface area contributed by atoms with E-state index in [2.05, 4.69) is 0 Å². The normalized spacial score (nSPS) is 28.2. The maximum absolute atomic E-state index is 9.80. The topological polar surface area (TPSA) is 67.6 Å². The summed E-state index contributed by atoms with van der Waals surface area (Å²) in [6.07, 6.45) is 0.544. The minimum atomic E-state index is -1.00. The summed E-state index contributed by atoms with van der Waals surface area (Å²) in [5.74, 6) is 0.530. The number of hydrogen-bond acceptors (Lipinski definition) is 3. The first kappa shape index (κ1) is 11.5. The van der Waals surface area contributed by atoms with Crippen LogP contribution in [-0.2, 0) is 0 Å². The van der Waals surface area contributed by atoms with Crippen LogP contribution >= 0.6 is 0 Å². The molecule has 1 aliphatic heterocycles. The molecule has 1 saturated heterocycles. The van der Waals surface area contributed by atoms with Crippen LogP contribution in [0.1, 0.15) is 27.2 Å². The Morgan fingerprint density at radius 1 is 1.50 bits per heavy atom. The molecule has 0 spiro atoms. The van der Waals surface area contributed by atoms with Crippen molar-refractivity contribution < 1.29 is 10.2 Å². The van der Waals surface area contributed by atoms with Crippen LogP contribution in [0, 0.1) is 10.8 Å². The monoisotopic (exact) mass is 200 g/mol. The number of aliphatic hydroxyl groups is 2. The van der Waals surface area contributed by atoms with Crippen LogP contribution in [0.25, 0.3) is 0 Å². The Hall–Kier alpha value is -0.610. The van der Waals surface area contributed by atoms with Gasteiger partial charge in [0, 0.05) is 12.0 Å². The molecule has 1 aliphatic rings. The third-order valence-corrected chi connectivity index (χ3v) is 2.65. The molecule has 1 atom stereocenters. The maximum atomic E-state index is 9.80. The Bertz CT molecular complexity index is 235. The van der Waals surface area contributed by atoms with E-state index in [9.17, 15) is 5.11 Å². The van der Waals surface area contributed by atoms with E-state index in [-0.39, 0.29) is 12.0 Å². The van der Waals surface area contributed by atoms with Gasteiger partial charge in [-0.2, -0.15) is 0 Å². The summed E-state index contributed by atoms with van der Waals surface area (Å²) in [7, 11) is 0. The van der Waals surface area contributed by atoms with E-state index < -0.39 is 5.60 Å². The van der Waals surface area contributed by atoms with Crippen molar-refractivity contribution in [3.63, 3.8) is 0 Å². The van der Waals surface area contributed by atoms with Gasteiger partial charge in [0.25, 0.3) is 0 Å². The van der Waals surface area contributed by atoms with Crippen molar-refractivity contribution in [1.82, 2.24) is 4.90 Å². The van der Waals surface area contributed by atoms with Gasteiger partial charge < -0.3 is 15.1 Å². The van der Waals surface area contributed by atoms with E-state index in [1.165, 1.54) is 0 Å². The molecule has 4 nitrogen and oxygen atoms in total. The van der Waals surface area contributed by atoms with Crippen molar-refractivity contribution in [3.8, 4) is 0 Å². The predicted molar refractivity (Wildman–Crippen MR) is 55.4 cm³/mol. The number of nitrogens with one attached hydrogen (secondary N) is 1. The minimum absolute atomic E-state index is 0.194. The van der Waals surface area contributed by atoms with Crippen molar-refractivity contribution in [2.45, 2.75) is 32.8 Å². The largest absolute Gasteiger partial charge is 0.393 e. The Kier molecular flexibility index (Phi) is 2.88. The molecular formula is C10H20N2O2. The third-order valence-electron chi connectivity index (χ3n) is 2.65. The smallest absolute Gasteiger partial charge is 0.107 e. The fourth-order valence-electron chi connectivity index (χ4n) is 1.65. The van der Waals surface area contributed by atoms with Crippen LogP contribution in [0.3, 0.4) is 0 Å². The van der Waals surface area contributed by atoms with E-state index in [4.69, 9.17) is 10.5 Å². The second-order valence-corrected chi connectivity index (χ2v) is 5.15. The number of rotatable bonds is 1. The average Bonchev–Trinajstić information content (AvgIpc) is 2.46. The number of likely N-dealkylation sites (tertiary alicyclic amines) is 1. The summed E-state index contributed by atoms with van der Waals surface area (Å²) in [6, 6.07) is 0. The predicted octanol–water partition coefficient (Wildman–Crippen LogP) is 0.439. The zero-order chi connectivity index (χ0) is 11.0. The van der Waals surface area contributed by atoms with Gasteiger partial charge in [0.15, 0.2) is 0 Å². The quantitative estimate of drug-likeness (QED) is 0.425. The molecule has 0 aromatic heterocycles. The maximum Gasteiger partial charge on any atom is 0.107 e. The lowest BCUT2D eigenvalue weighted by molar-refractivity contribution is -0.00176. The van der Waals surface area contributed by atoms with Crippen LogP contribution < -0.4 is 0 Å². The standard InChI is InChI=1S/C10H20N2O2/c1-9(2,3)8(11)12-5-4-10(14,6-12)7-13/h11,13-14H,4-7H2,1-3H3. The van der Waals surface area contributed by atoms with Gasteiger partial charge in [-0.15, -0.1) is 0 Å². The molecule has 1 unspecified atom stereocenters. The van der Waals surface area contributed by atoms with Crippen LogP contribution in [0.15, 0.2) is 0 Å². The first-order chi connectivity index (χ1) is 6.28. The Balaban J connectivity index is 2.63. The van der Waals surface area contributed by atoms with Crippen LogP contribution in [-0.4, -0.2) is 46.2 Å². The fourth-order valence-corrected chi connectivity index (χ4v) is 1.65. The van der Waals surface area contributed by atoms with Crippen molar-refractivity contribution in [2.75, 3.05) is 19.7 Å². The number of hydrogen-bond donors (Lipinski definition) is 3. The summed E-state index contributed by atoms with van der Waals surface area (Å²) >= 11 is 0. The van der Waals surface area contributed by atoms with Crippen LogP contribution in [0.4, 0.5) is 0 Å². The van der Waals surface area contributed by atoms with E-state index >= 15 is 0 Å². The molecular weight excluding hydrogens is 180 g/mol. The van der Waals surface area contributed by atoms with Crippen molar-refractivity contribution in [3.05, 3.63) is 0 Å². The van der Waals surface area contributed by atoms with Gasteiger partial charge in [-0.1, -0.05) is 20.8 Å². The summed E-state index contributed by atoms with van der Waals surface area (Å²) in [5.41, 5.74) is -1.20. The number of aliphatic hydroxyl groups excluding tert-OH is 1. The third kappa shape index (κ3) is 2.25. The van der Waals surface area contributed by atoms with Gasteiger partial charge in [-0.25, -0.2) is 0 Å². The molecule has 1 fully saturated rings. The van der Waals surface area contributed by atoms with Crippen LogP contribution in [0.2, 0.25) is 0 Å². The lowest BCUT2D eigenvalue weighted by Crippen LogP contribution is -2.42. The van der Waals surface area contributed by atoms with Crippen molar-refractivity contribution >= 4 is 5.84 Å². The highest BCUT2D eigenvalue weighted by molar-refractivity contribution is 5.84. The Labute approximate surface area is 85.1 Å². The minimum Gasteiger partial charge on any atom is -0.393 e. The van der Waals surface area contributed by atoms with Gasteiger partial charge in [-0.3, -0.25) is 5.41 Å². The highest BCUT2D eigenvalue weighted by Crippen LogP contribution is 2.26. The molecule has 4 heteroatoms. The first-order valence-electron chi connectivity index (χ1n) is 4.96. The fraction of sp³-hybridized carbons (Fsp3) is 0.900. The van der Waals surface area contributed by atoms with E-state index in [1.807, 2.05) is 25.7 Å². The summed E-state index contributed by atoms with van der Waals surface area (Å²) in [5, 5.41) is 26.7. The van der Waals surface area contributed by atoms with Crippen LogP contribution in [0.5, 0.6) is 0 Å². The van der Waals surface area contributed by atoms with E-state index in [0.29, 0.717) is 25.3 Å². The zero-order valence-electron chi connectivity index (χ0n) is 9.17. The molecule has 0 aromatic carbocycles. The number of β-amino-alcohol motifs (C(OH)–C–C–N with tert-alkyl or cyclic N) is 1. The molecule has 0 bridgehead atoms. The van der Waals surface area contributed by atoms with Gasteiger partial charge in [-0.05, 0) is 6.42 Å². The molecule has 0 aliphatic carbocycles. The molecule has 1 heterocycles. The molecule has 0 aromatic rings. The highest BCUT2D eigenvalue weighted by Gasteiger charge is 2.38. The second kappa shape index (κ2) is 3.51. The molecule has 0 saturated carbocycles. The average molecular weight is 200 g/mol. The summed E-state index contributed by atoms with van der Waals surface area (Å²) in [6.45, 7) is 6.75. The van der Waals surface area contributed by atoms with Gasteiger partial charge in [0.05, 0.1) is 13.2 Å². The first-order valence-corrected chi connectivity index (χ1v) is 4.96. The van der Waals surface area contributed by atoms with Crippen molar-refractivity contribution in [1.29, 1.82) is 5.41 Å². The van der Waals surface area contributed by atoms with E-state index in [0.717, 1.165) is 0 Å². The van der Waals surface area contributed by atoms with Gasteiger partial charge in [0.1, 0.15) is 11.4 Å². The Morgan fingerprint density at radius 3 is 2.43 bits per heavy atom. The number of nitrogens with zero attached hydrogens (tertiary/aromatic N) is 1. The molecule has 3 N–H and O–H groups in total. The molecule has 1 rings (SSSR count). The van der Waals surface area contributed by atoms with Gasteiger partial charge in [0.2, 0.25) is 0 Å². The lowest BCUT2D eigenvalue weighted by Gasteiger charge is -2.30. The number of amidine groups is 1. The summed E-state index contributed by atoms with van der Waals surface area (Å²) < 4.78 is 0. The lowest BCUT2D eigenvalue weighted by atomic mass is 9.94. The Morgan fingerprint density at radius 2 is 2.07 bits per heavy atom. The second-order valence-electron chi connectivity index (χ2n) is 5.15.